The summed E-state index contributed by atoms with van der Waals surface area (Å²) in [5.74, 6) is 0.824. The van der Waals surface area contributed by atoms with Crippen molar-refractivity contribution < 1.29 is 4.74 Å². The molecule has 1 aromatic heterocycles. The van der Waals surface area contributed by atoms with Crippen molar-refractivity contribution >= 4 is 54.4 Å². The molecule has 0 saturated heterocycles. The van der Waals surface area contributed by atoms with Gasteiger partial charge in [0.2, 0.25) is 0 Å². The third-order valence-electron chi connectivity index (χ3n) is 1.97. The van der Waals surface area contributed by atoms with E-state index >= 15 is 0 Å². The molecule has 1 rings (SSSR count). The number of nitrogens with zero attached hydrogens (tertiary/aromatic N) is 1. The molecular formula is C10H15I2N2OP. The van der Waals surface area contributed by atoms with Crippen LogP contribution in [-0.2, 0) is 0 Å². The molecule has 0 amide bonds. The summed E-state index contributed by atoms with van der Waals surface area (Å²) in [4.78, 5) is 4.28. The number of hydrogen-bond acceptors (Lipinski definition) is 3. The Balaban J connectivity index is 2.76. The van der Waals surface area contributed by atoms with Crippen LogP contribution < -0.4 is 10.5 Å². The van der Waals surface area contributed by atoms with Crippen LogP contribution in [-0.4, -0.2) is 12.8 Å². The highest BCUT2D eigenvalue weighted by Gasteiger charge is 2.16. The largest absolute Gasteiger partial charge is 0.489 e. The Morgan fingerprint density at radius 2 is 2.25 bits per heavy atom. The van der Waals surface area contributed by atoms with E-state index in [-0.39, 0.29) is 7.21 Å². The number of halogens is 2. The van der Waals surface area contributed by atoms with Crippen LogP contribution in [0.25, 0.3) is 0 Å². The smallest absolute Gasteiger partial charge is 0.140 e. The Kier molecular flexibility index (Phi) is 5.67. The molecule has 1 heterocycles. The average molecular weight is 464 g/mol. The van der Waals surface area contributed by atoms with Crippen LogP contribution in [0.15, 0.2) is 12.3 Å². The van der Waals surface area contributed by atoms with Gasteiger partial charge in [-0.2, -0.15) is 0 Å². The minimum atomic E-state index is -0.0391. The summed E-state index contributed by atoms with van der Waals surface area (Å²) in [6.45, 7) is 4.55. The van der Waals surface area contributed by atoms with Crippen molar-refractivity contribution in [3.05, 3.63) is 23.5 Å². The lowest BCUT2D eigenvalue weighted by atomic mass is 10.1. The molecule has 0 spiro atoms. The molecule has 0 aromatic carbocycles. The van der Waals surface area contributed by atoms with E-state index in [0.29, 0.717) is 6.61 Å². The second kappa shape index (κ2) is 6.11. The van der Waals surface area contributed by atoms with Crippen LogP contribution in [0.1, 0.15) is 24.2 Å². The Morgan fingerprint density at radius 3 is 2.69 bits per heavy atom. The maximum Gasteiger partial charge on any atom is 0.140 e. The second-order valence-electron chi connectivity index (χ2n) is 3.71. The molecule has 0 aliphatic rings. The molecule has 90 valence electrons. The van der Waals surface area contributed by atoms with Gasteiger partial charge in [0.05, 0.1) is 11.9 Å². The Labute approximate surface area is 126 Å². The number of ether oxygens (including phenoxy) is 1. The fourth-order valence-electron chi connectivity index (χ4n) is 1.14. The first-order valence-corrected chi connectivity index (χ1v) is 7.55. The molecule has 0 bridgehead atoms. The molecule has 0 aliphatic carbocycles. The molecule has 0 aliphatic heterocycles. The van der Waals surface area contributed by atoms with Crippen molar-refractivity contribution in [3.63, 3.8) is 0 Å². The minimum Gasteiger partial charge on any atom is -0.489 e. The predicted molar refractivity (Wildman–Crippen MR) is 87.6 cm³/mol. The normalized spacial score (nSPS) is 13.6. The lowest BCUT2D eigenvalue weighted by Crippen LogP contribution is -2.14. The van der Waals surface area contributed by atoms with Crippen molar-refractivity contribution in [2.75, 3.05) is 6.61 Å². The van der Waals surface area contributed by atoms with Crippen LogP contribution in [0.3, 0.4) is 0 Å². The fraction of sp³-hybridized carbons (Fsp3) is 0.500. The number of nitrogens with two attached hydrogens (primary N) is 1. The first-order valence-electron chi connectivity index (χ1n) is 4.81. The average Bonchev–Trinajstić information content (AvgIpc) is 2.14. The number of aryl methyl sites for hydroxylation is 1. The lowest BCUT2D eigenvalue weighted by Gasteiger charge is -2.17. The van der Waals surface area contributed by atoms with Crippen LogP contribution in [0.4, 0.5) is 0 Å². The highest BCUT2D eigenvalue weighted by atomic mass is 127. The molecule has 2 unspecified atom stereocenters. The number of rotatable bonds is 4. The van der Waals surface area contributed by atoms with Crippen molar-refractivity contribution in [1.82, 2.24) is 4.98 Å². The van der Waals surface area contributed by atoms with Gasteiger partial charge in [-0.3, -0.25) is 4.98 Å². The molecule has 2 N–H and O–H groups in total. The number of aromatic nitrogens is 1. The maximum absolute atomic E-state index is 5.77. The maximum atomic E-state index is 5.77. The molecule has 16 heavy (non-hydrogen) atoms. The molecule has 0 fully saturated rings. The quantitative estimate of drug-likeness (QED) is 0.424. The monoisotopic (exact) mass is 464 g/mol. The van der Waals surface area contributed by atoms with E-state index in [0.717, 1.165) is 17.0 Å². The van der Waals surface area contributed by atoms with Crippen LogP contribution in [0.2, 0.25) is 0 Å². The lowest BCUT2D eigenvalue weighted by molar-refractivity contribution is 0.333. The zero-order chi connectivity index (χ0) is 12.3. The Morgan fingerprint density at radius 1 is 1.62 bits per heavy atom. The van der Waals surface area contributed by atoms with Gasteiger partial charge in [0.25, 0.3) is 0 Å². The van der Waals surface area contributed by atoms with Gasteiger partial charge in [-0.25, -0.2) is 0 Å². The number of alkyl halides is 2. The van der Waals surface area contributed by atoms with Crippen LogP contribution in [0.5, 0.6) is 5.75 Å². The third kappa shape index (κ3) is 4.98. The molecule has 3 nitrogen and oxygen atoms in total. The van der Waals surface area contributed by atoms with E-state index < -0.39 is 0 Å². The van der Waals surface area contributed by atoms with Gasteiger partial charge < -0.3 is 10.5 Å². The van der Waals surface area contributed by atoms with Crippen LogP contribution >= 0.6 is 54.4 Å². The predicted octanol–water partition coefficient (Wildman–Crippen LogP) is 3.19. The minimum absolute atomic E-state index is 0.0157. The van der Waals surface area contributed by atoms with Crippen molar-refractivity contribution in [1.29, 1.82) is 0 Å². The Bertz CT molecular complexity index is 366. The van der Waals surface area contributed by atoms with Crippen molar-refractivity contribution in [3.8, 4) is 5.75 Å². The first-order chi connectivity index (χ1) is 7.29. The summed E-state index contributed by atoms with van der Waals surface area (Å²) in [5, 5.41) is 0. The van der Waals surface area contributed by atoms with Gasteiger partial charge in [-0.05, 0) is 25.5 Å². The summed E-state index contributed by atoms with van der Waals surface area (Å²) in [6.07, 6.45) is 1.75. The molecule has 0 radical (unpaired) electrons. The fourth-order valence-corrected chi connectivity index (χ4v) is 1.53. The van der Waals surface area contributed by atoms with Crippen molar-refractivity contribution in [2.24, 2.45) is 5.73 Å². The zero-order valence-corrected chi connectivity index (χ0v) is 14.7. The SMILES string of the molecule is Cc1cc(C(C)N)ncc1OCC(P)(I)I. The molecule has 1 aromatic rings. The van der Waals surface area contributed by atoms with E-state index in [9.17, 15) is 0 Å². The molecule has 2 atom stereocenters. The van der Waals surface area contributed by atoms with Gasteiger partial charge in [0.1, 0.15) is 13.5 Å². The first kappa shape index (κ1) is 14.9. The number of pyridine rings is 1. The summed E-state index contributed by atoms with van der Waals surface area (Å²) < 4.78 is 5.71. The van der Waals surface area contributed by atoms with E-state index in [1.54, 1.807) is 6.20 Å². The van der Waals surface area contributed by atoms with Gasteiger partial charge >= 0.3 is 0 Å². The highest BCUT2D eigenvalue weighted by molar-refractivity contribution is 14.2. The topological polar surface area (TPSA) is 48.1 Å². The van der Waals surface area contributed by atoms with E-state index in [1.807, 2.05) is 19.9 Å². The summed E-state index contributed by atoms with van der Waals surface area (Å²) in [7, 11) is 2.74. The molecule has 0 saturated carbocycles. The molecular weight excluding hydrogens is 449 g/mol. The van der Waals surface area contributed by atoms with Gasteiger partial charge in [-0.15, -0.1) is 9.24 Å². The number of hydrogen-bond donors (Lipinski definition) is 1. The van der Waals surface area contributed by atoms with Gasteiger partial charge in [0, 0.05) is 6.04 Å². The van der Waals surface area contributed by atoms with E-state index in [4.69, 9.17) is 10.5 Å². The zero-order valence-electron chi connectivity index (χ0n) is 9.21. The molecule has 6 heteroatoms. The standard InChI is InChI=1S/C10H15I2N2OP/c1-6-3-8(7(2)13)14-4-9(6)15-5-10(11,12)16/h3-4,7H,5,13,16H2,1-2H3. The summed E-state index contributed by atoms with van der Waals surface area (Å²) in [6, 6.07) is 1.94. The summed E-state index contributed by atoms with van der Waals surface area (Å²) in [5.41, 5.74) is 7.73. The third-order valence-corrected chi connectivity index (χ3v) is 2.76. The van der Waals surface area contributed by atoms with Gasteiger partial charge in [0.15, 0.2) is 0 Å². The van der Waals surface area contributed by atoms with Crippen LogP contribution in [0, 0.1) is 6.92 Å². The Hall–Kier alpha value is 0.800. The van der Waals surface area contributed by atoms with E-state index in [1.165, 1.54) is 0 Å². The second-order valence-corrected chi connectivity index (χ2v) is 13.0. The highest BCUT2D eigenvalue weighted by Crippen LogP contribution is 2.35. The van der Waals surface area contributed by atoms with Gasteiger partial charge in [-0.1, -0.05) is 45.2 Å². The van der Waals surface area contributed by atoms with Crippen molar-refractivity contribution in [2.45, 2.75) is 21.1 Å². The summed E-state index contributed by atoms with van der Waals surface area (Å²) >= 11 is 4.63. The van der Waals surface area contributed by atoms with E-state index in [2.05, 4.69) is 59.4 Å².